The van der Waals surface area contributed by atoms with Crippen molar-refractivity contribution in [2.75, 3.05) is 18.4 Å². The zero-order valence-corrected chi connectivity index (χ0v) is 15.2. The summed E-state index contributed by atoms with van der Waals surface area (Å²) in [6.07, 6.45) is 7.45. The summed E-state index contributed by atoms with van der Waals surface area (Å²) in [6.45, 7) is 1.65. The van der Waals surface area contributed by atoms with E-state index in [9.17, 15) is 9.59 Å². The van der Waals surface area contributed by atoms with E-state index in [2.05, 4.69) is 10.6 Å². The normalized spacial score (nSPS) is 18.0. The van der Waals surface area contributed by atoms with Crippen molar-refractivity contribution in [2.24, 2.45) is 5.92 Å². The first-order valence-electron chi connectivity index (χ1n) is 9.14. The standard InChI is InChI=1S/C19H25N3O2S/c23-17(14-7-2-1-3-8-14)21-19(25)20-16-10-6-9-15(13-16)18(24)22-11-4-5-12-22/h6,9-10,13-14H,1-5,7-8,11-12H2,(H2,20,21,23,25). The minimum atomic E-state index is 0.00139. The average Bonchev–Trinajstić information content (AvgIpc) is 3.16. The van der Waals surface area contributed by atoms with Crippen LogP contribution in [-0.2, 0) is 4.79 Å². The number of nitrogens with one attached hydrogen (secondary N) is 2. The second-order valence-corrected chi connectivity index (χ2v) is 7.27. The van der Waals surface area contributed by atoms with Gasteiger partial charge in [-0.1, -0.05) is 25.3 Å². The van der Waals surface area contributed by atoms with Gasteiger partial charge in [-0.25, -0.2) is 0 Å². The van der Waals surface area contributed by atoms with Crippen molar-refractivity contribution in [2.45, 2.75) is 44.9 Å². The van der Waals surface area contributed by atoms with Gasteiger partial charge in [-0.05, 0) is 56.1 Å². The van der Waals surface area contributed by atoms with Crippen molar-refractivity contribution in [3.63, 3.8) is 0 Å². The maximum absolute atomic E-state index is 12.5. The van der Waals surface area contributed by atoms with E-state index in [-0.39, 0.29) is 17.7 Å². The molecule has 5 nitrogen and oxygen atoms in total. The molecule has 1 aliphatic heterocycles. The van der Waals surface area contributed by atoms with Gasteiger partial charge in [0.1, 0.15) is 0 Å². The number of likely N-dealkylation sites (tertiary alicyclic amines) is 1. The summed E-state index contributed by atoms with van der Waals surface area (Å²) in [5.41, 5.74) is 1.37. The lowest BCUT2D eigenvalue weighted by Crippen LogP contribution is -2.39. The van der Waals surface area contributed by atoms with Crippen LogP contribution >= 0.6 is 12.2 Å². The molecule has 6 heteroatoms. The molecular formula is C19H25N3O2S. The largest absolute Gasteiger partial charge is 0.339 e. The summed E-state index contributed by atoms with van der Waals surface area (Å²) in [7, 11) is 0. The van der Waals surface area contributed by atoms with E-state index in [1.54, 1.807) is 6.07 Å². The molecular weight excluding hydrogens is 334 g/mol. The highest BCUT2D eigenvalue weighted by Gasteiger charge is 2.22. The van der Waals surface area contributed by atoms with Gasteiger partial charge < -0.3 is 15.5 Å². The first-order valence-corrected chi connectivity index (χ1v) is 9.55. The number of hydrogen-bond donors (Lipinski definition) is 2. The minimum absolute atomic E-state index is 0.00139. The van der Waals surface area contributed by atoms with Crippen molar-refractivity contribution in [3.8, 4) is 0 Å². The van der Waals surface area contributed by atoms with E-state index in [1.807, 2.05) is 23.1 Å². The molecule has 2 fully saturated rings. The summed E-state index contributed by atoms with van der Waals surface area (Å²) in [4.78, 5) is 26.6. The smallest absolute Gasteiger partial charge is 0.253 e. The Morgan fingerprint density at radius 1 is 1.04 bits per heavy atom. The molecule has 0 aromatic heterocycles. The predicted molar refractivity (Wildman–Crippen MR) is 103 cm³/mol. The molecule has 2 N–H and O–H groups in total. The number of amides is 2. The van der Waals surface area contributed by atoms with Gasteiger partial charge >= 0.3 is 0 Å². The Balaban J connectivity index is 1.56. The fourth-order valence-electron chi connectivity index (χ4n) is 3.57. The molecule has 1 aromatic rings. The van der Waals surface area contributed by atoms with Crippen molar-refractivity contribution in [1.29, 1.82) is 0 Å². The van der Waals surface area contributed by atoms with Crippen molar-refractivity contribution >= 4 is 34.8 Å². The molecule has 1 aromatic carbocycles. The third-order valence-electron chi connectivity index (χ3n) is 4.97. The van der Waals surface area contributed by atoms with Crippen molar-refractivity contribution in [1.82, 2.24) is 10.2 Å². The van der Waals surface area contributed by atoms with Gasteiger partial charge in [0.2, 0.25) is 5.91 Å². The number of carbonyl (C=O) groups excluding carboxylic acids is 2. The zero-order chi connectivity index (χ0) is 17.6. The number of carbonyl (C=O) groups is 2. The third kappa shape index (κ3) is 4.78. The Labute approximate surface area is 154 Å². The SMILES string of the molecule is O=C(NC(=S)Nc1cccc(C(=O)N2CCCC2)c1)C1CCCCC1. The van der Waals surface area contributed by atoms with E-state index in [0.717, 1.165) is 57.3 Å². The first-order chi connectivity index (χ1) is 12.1. The lowest BCUT2D eigenvalue weighted by molar-refractivity contribution is -0.124. The monoisotopic (exact) mass is 359 g/mol. The second-order valence-electron chi connectivity index (χ2n) is 6.86. The van der Waals surface area contributed by atoms with E-state index < -0.39 is 0 Å². The molecule has 0 spiro atoms. The molecule has 1 heterocycles. The van der Waals surface area contributed by atoms with Crippen LogP contribution in [0.25, 0.3) is 0 Å². The summed E-state index contributed by atoms with van der Waals surface area (Å²) in [5, 5.41) is 6.11. The minimum Gasteiger partial charge on any atom is -0.339 e. The van der Waals surface area contributed by atoms with Gasteiger partial charge in [-0.2, -0.15) is 0 Å². The second kappa shape index (κ2) is 8.43. The van der Waals surface area contributed by atoms with Gasteiger partial charge in [0, 0.05) is 30.3 Å². The van der Waals surface area contributed by atoms with Crippen LogP contribution in [0.2, 0.25) is 0 Å². The lowest BCUT2D eigenvalue weighted by atomic mass is 9.89. The fraction of sp³-hybridized carbons (Fsp3) is 0.526. The summed E-state index contributed by atoms with van der Waals surface area (Å²) in [5.74, 6) is 0.122. The Kier molecular flexibility index (Phi) is 6.02. The van der Waals surface area contributed by atoms with Crippen LogP contribution in [0, 0.1) is 5.92 Å². The van der Waals surface area contributed by atoms with Crippen LogP contribution in [0.5, 0.6) is 0 Å². The molecule has 25 heavy (non-hydrogen) atoms. The molecule has 134 valence electrons. The molecule has 0 unspecified atom stereocenters. The van der Waals surface area contributed by atoms with Crippen LogP contribution in [0.15, 0.2) is 24.3 Å². The summed E-state index contributed by atoms with van der Waals surface area (Å²) in [6, 6.07) is 7.28. The quantitative estimate of drug-likeness (QED) is 0.813. The first kappa shape index (κ1) is 17.9. The van der Waals surface area contributed by atoms with Crippen LogP contribution in [-0.4, -0.2) is 34.9 Å². The molecule has 2 aliphatic rings. The Hall–Kier alpha value is -1.95. The van der Waals surface area contributed by atoms with Crippen LogP contribution in [0.1, 0.15) is 55.3 Å². The molecule has 1 aliphatic carbocycles. The fourth-order valence-corrected chi connectivity index (χ4v) is 3.79. The van der Waals surface area contributed by atoms with E-state index in [1.165, 1.54) is 6.42 Å². The maximum atomic E-state index is 12.5. The summed E-state index contributed by atoms with van der Waals surface area (Å²) >= 11 is 5.26. The molecule has 2 amide bonds. The maximum Gasteiger partial charge on any atom is 0.253 e. The highest BCUT2D eigenvalue weighted by molar-refractivity contribution is 7.80. The van der Waals surface area contributed by atoms with Gasteiger partial charge in [0.15, 0.2) is 5.11 Å². The highest BCUT2D eigenvalue weighted by atomic mass is 32.1. The topological polar surface area (TPSA) is 61.4 Å². The van der Waals surface area contributed by atoms with Crippen molar-refractivity contribution < 1.29 is 9.59 Å². The van der Waals surface area contributed by atoms with E-state index >= 15 is 0 Å². The van der Waals surface area contributed by atoms with Gasteiger partial charge in [-0.15, -0.1) is 0 Å². The molecule has 0 bridgehead atoms. The number of hydrogen-bond acceptors (Lipinski definition) is 3. The lowest BCUT2D eigenvalue weighted by Gasteiger charge is -2.21. The number of rotatable bonds is 3. The average molecular weight is 359 g/mol. The van der Waals surface area contributed by atoms with Crippen molar-refractivity contribution in [3.05, 3.63) is 29.8 Å². The highest BCUT2D eigenvalue weighted by Crippen LogP contribution is 2.23. The molecule has 1 saturated heterocycles. The number of thiocarbonyl (C=S) groups is 1. The number of anilines is 1. The predicted octanol–water partition coefficient (Wildman–Crippen LogP) is 3.32. The Bertz CT molecular complexity index is 650. The van der Waals surface area contributed by atoms with Crippen LogP contribution in [0.3, 0.4) is 0 Å². The van der Waals surface area contributed by atoms with Gasteiger partial charge in [0.25, 0.3) is 5.91 Å². The number of benzene rings is 1. The Morgan fingerprint density at radius 2 is 1.76 bits per heavy atom. The Morgan fingerprint density at radius 3 is 2.48 bits per heavy atom. The van der Waals surface area contributed by atoms with E-state index in [4.69, 9.17) is 12.2 Å². The number of nitrogens with zero attached hydrogens (tertiary/aromatic N) is 1. The zero-order valence-electron chi connectivity index (χ0n) is 14.4. The van der Waals surface area contributed by atoms with Crippen LogP contribution in [0.4, 0.5) is 5.69 Å². The summed E-state index contributed by atoms with van der Waals surface area (Å²) < 4.78 is 0. The molecule has 0 radical (unpaired) electrons. The van der Waals surface area contributed by atoms with E-state index in [0.29, 0.717) is 10.7 Å². The molecule has 3 rings (SSSR count). The molecule has 0 atom stereocenters. The van der Waals surface area contributed by atoms with Gasteiger partial charge in [0.05, 0.1) is 0 Å². The molecule has 1 saturated carbocycles. The van der Waals surface area contributed by atoms with Crippen LogP contribution < -0.4 is 10.6 Å². The third-order valence-corrected chi connectivity index (χ3v) is 5.18. The van der Waals surface area contributed by atoms with Gasteiger partial charge in [-0.3, -0.25) is 9.59 Å².